The zero-order valence-corrected chi connectivity index (χ0v) is 12.7. The zero-order chi connectivity index (χ0) is 15.6. The molecule has 3 nitrogen and oxygen atoms in total. The highest BCUT2D eigenvalue weighted by Crippen LogP contribution is 2.35. The molecule has 1 N–H and O–H groups in total. The molecule has 0 unspecified atom stereocenters. The van der Waals surface area contributed by atoms with Crippen molar-refractivity contribution in [2.45, 2.75) is 18.8 Å². The van der Waals surface area contributed by atoms with Gasteiger partial charge in [-0.1, -0.05) is 60.7 Å². The van der Waals surface area contributed by atoms with E-state index >= 15 is 0 Å². The third-order valence-corrected chi connectivity index (χ3v) is 3.94. The number of rotatable bonds is 3. The van der Waals surface area contributed by atoms with Crippen LogP contribution in [0.25, 0.3) is 5.57 Å². The molecule has 0 aliphatic carbocycles. The topological polar surface area (TPSA) is 41.8 Å². The normalized spacial score (nSPS) is 24.6. The third-order valence-electron chi connectivity index (χ3n) is 3.94. The van der Waals surface area contributed by atoms with E-state index in [1.807, 2.05) is 66.7 Å². The molecule has 1 aliphatic heterocycles. The fourth-order valence-corrected chi connectivity index (χ4v) is 2.75. The van der Waals surface area contributed by atoms with Gasteiger partial charge < -0.3 is 9.84 Å². The van der Waals surface area contributed by atoms with Crippen LogP contribution >= 0.6 is 0 Å². The molecule has 0 bridgehead atoms. The summed E-state index contributed by atoms with van der Waals surface area (Å²) in [6.07, 6.45) is 1.31. The van der Waals surface area contributed by atoms with Crippen molar-refractivity contribution in [3.8, 4) is 0 Å². The van der Waals surface area contributed by atoms with Gasteiger partial charge in [0.15, 0.2) is 6.23 Å². The van der Waals surface area contributed by atoms with Gasteiger partial charge in [-0.25, -0.2) is 0 Å². The van der Waals surface area contributed by atoms with Gasteiger partial charge >= 0.3 is 0 Å². The lowest BCUT2D eigenvalue weighted by Crippen LogP contribution is -2.43. The Morgan fingerprint density at radius 3 is 2.05 bits per heavy atom. The highest BCUT2D eigenvalue weighted by atomic mass is 16.5. The van der Waals surface area contributed by atoms with E-state index in [4.69, 9.17) is 4.74 Å². The van der Waals surface area contributed by atoms with E-state index in [1.165, 1.54) is 0 Å². The fraction of sp³-hybridized carbons (Fsp3) is 0.211. The van der Waals surface area contributed by atoms with Crippen molar-refractivity contribution in [3.05, 3.63) is 77.9 Å². The maximum absolute atomic E-state index is 10.9. The number of hydrogen-bond donors (Lipinski definition) is 1. The Morgan fingerprint density at radius 2 is 1.50 bits per heavy atom. The highest BCUT2D eigenvalue weighted by molar-refractivity contribution is 6.14. The van der Waals surface area contributed by atoms with Crippen LogP contribution in [0.4, 0.5) is 0 Å². The summed E-state index contributed by atoms with van der Waals surface area (Å²) in [4.78, 5) is 4.57. The van der Waals surface area contributed by atoms with Crippen LogP contribution in [0.5, 0.6) is 0 Å². The van der Waals surface area contributed by atoms with E-state index in [2.05, 4.69) is 4.99 Å². The molecule has 0 radical (unpaired) electrons. The Balaban J connectivity index is 2.13. The monoisotopic (exact) mass is 293 g/mol. The van der Waals surface area contributed by atoms with E-state index < -0.39 is 11.8 Å². The van der Waals surface area contributed by atoms with Gasteiger partial charge in [0.2, 0.25) is 0 Å². The molecule has 0 saturated heterocycles. The van der Waals surface area contributed by atoms with Gasteiger partial charge in [-0.05, 0) is 29.7 Å². The molecule has 22 heavy (non-hydrogen) atoms. The van der Waals surface area contributed by atoms with Crippen LogP contribution in [-0.4, -0.2) is 29.8 Å². The van der Waals surface area contributed by atoms with Crippen molar-refractivity contribution >= 4 is 11.3 Å². The predicted octanol–water partition coefficient (Wildman–Crippen LogP) is 3.30. The first-order valence-corrected chi connectivity index (χ1v) is 7.29. The van der Waals surface area contributed by atoms with E-state index in [1.54, 1.807) is 14.0 Å². The number of benzene rings is 2. The van der Waals surface area contributed by atoms with Gasteiger partial charge in [0.25, 0.3) is 0 Å². The Kier molecular flexibility index (Phi) is 3.92. The number of hydrogen-bond acceptors (Lipinski definition) is 3. The number of nitrogens with zero attached hydrogens (tertiary/aromatic N) is 1. The van der Waals surface area contributed by atoms with Crippen molar-refractivity contribution in [2.75, 3.05) is 7.11 Å². The zero-order valence-electron chi connectivity index (χ0n) is 12.7. The first kappa shape index (κ1) is 14.7. The van der Waals surface area contributed by atoms with Crippen molar-refractivity contribution in [1.29, 1.82) is 0 Å². The van der Waals surface area contributed by atoms with Crippen LogP contribution in [0.2, 0.25) is 0 Å². The second-order valence-electron chi connectivity index (χ2n) is 5.54. The number of aliphatic imine (C=N–C) groups is 1. The van der Waals surface area contributed by atoms with Gasteiger partial charge in [0, 0.05) is 7.11 Å². The average Bonchev–Trinajstić information content (AvgIpc) is 2.56. The second-order valence-corrected chi connectivity index (χ2v) is 5.54. The van der Waals surface area contributed by atoms with Crippen LogP contribution in [0.15, 0.2) is 71.7 Å². The molecule has 0 aromatic heterocycles. The van der Waals surface area contributed by atoms with Crippen molar-refractivity contribution in [3.63, 3.8) is 0 Å². The summed E-state index contributed by atoms with van der Waals surface area (Å²) in [5.41, 5.74) is 2.44. The van der Waals surface area contributed by atoms with Crippen LogP contribution in [0.1, 0.15) is 18.1 Å². The molecule has 2 aromatic carbocycles. The Hall–Kier alpha value is -2.23. The maximum Gasteiger partial charge on any atom is 0.180 e. The standard InChI is InChI=1S/C19H19NO2/c1-19(21)16(14-9-5-3-6-10-14)13-17(20-18(19)22-2)15-11-7-4-8-12-15/h3-13,18,21H,1-2H3/t18-,19+/m0/s1. The molecular weight excluding hydrogens is 274 g/mol. The summed E-state index contributed by atoms with van der Waals surface area (Å²) in [6.45, 7) is 1.74. The van der Waals surface area contributed by atoms with E-state index in [0.29, 0.717) is 0 Å². The smallest absolute Gasteiger partial charge is 0.180 e. The SMILES string of the molecule is CO[C@@H]1N=C(c2ccccc2)C=C(c2ccccc2)[C@@]1(C)O. The van der Waals surface area contributed by atoms with Crippen LogP contribution in [0.3, 0.4) is 0 Å². The van der Waals surface area contributed by atoms with Gasteiger partial charge in [-0.3, -0.25) is 4.99 Å². The minimum absolute atomic E-state index is 0.636. The molecule has 112 valence electrons. The molecule has 0 fully saturated rings. The maximum atomic E-state index is 10.9. The number of aliphatic hydroxyl groups is 1. The summed E-state index contributed by atoms with van der Waals surface area (Å²) in [5, 5.41) is 10.9. The largest absolute Gasteiger partial charge is 0.381 e. The molecule has 1 aliphatic rings. The lowest BCUT2D eigenvalue weighted by molar-refractivity contribution is -0.0398. The Morgan fingerprint density at radius 1 is 0.955 bits per heavy atom. The highest BCUT2D eigenvalue weighted by Gasteiger charge is 2.39. The van der Waals surface area contributed by atoms with E-state index in [9.17, 15) is 5.11 Å². The molecule has 3 heteroatoms. The molecule has 0 amide bonds. The number of methoxy groups -OCH3 is 1. The third kappa shape index (κ3) is 2.61. The van der Waals surface area contributed by atoms with Crippen LogP contribution in [-0.2, 0) is 4.74 Å². The Labute approximate surface area is 130 Å². The molecule has 3 rings (SSSR count). The first-order chi connectivity index (χ1) is 10.6. The van der Waals surface area contributed by atoms with Crippen molar-refractivity contribution in [1.82, 2.24) is 0 Å². The summed E-state index contributed by atoms with van der Waals surface area (Å²) in [7, 11) is 1.57. The molecular formula is C19H19NO2. The fourth-order valence-electron chi connectivity index (χ4n) is 2.75. The minimum atomic E-state index is -1.17. The van der Waals surface area contributed by atoms with Crippen molar-refractivity contribution < 1.29 is 9.84 Å². The molecule has 2 aromatic rings. The second kappa shape index (κ2) is 5.87. The molecule has 0 spiro atoms. The molecule has 0 saturated carbocycles. The molecule has 1 heterocycles. The van der Waals surface area contributed by atoms with Crippen molar-refractivity contribution in [2.24, 2.45) is 4.99 Å². The number of allylic oxidation sites excluding steroid dienone is 1. The summed E-state index contributed by atoms with van der Waals surface area (Å²) in [5.74, 6) is 0. The van der Waals surface area contributed by atoms with Crippen LogP contribution < -0.4 is 0 Å². The lowest BCUT2D eigenvalue weighted by Gasteiger charge is -2.35. The van der Waals surface area contributed by atoms with Gasteiger partial charge in [-0.2, -0.15) is 0 Å². The van der Waals surface area contributed by atoms with E-state index in [0.717, 1.165) is 22.4 Å². The minimum Gasteiger partial charge on any atom is -0.381 e. The quantitative estimate of drug-likeness (QED) is 0.943. The summed E-state index contributed by atoms with van der Waals surface area (Å²) < 4.78 is 5.43. The molecule has 2 atom stereocenters. The number of ether oxygens (including phenoxy) is 1. The van der Waals surface area contributed by atoms with Gasteiger partial charge in [0.1, 0.15) is 5.60 Å². The van der Waals surface area contributed by atoms with Gasteiger partial charge in [-0.15, -0.1) is 0 Å². The van der Waals surface area contributed by atoms with Gasteiger partial charge in [0.05, 0.1) is 5.71 Å². The van der Waals surface area contributed by atoms with E-state index in [-0.39, 0.29) is 0 Å². The summed E-state index contributed by atoms with van der Waals surface area (Å²) in [6, 6.07) is 19.8. The lowest BCUT2D eigenvalue weighted by atomic mass is 9.84. The number of dihydropyridines is 1. The summed E-state index contributed by atoms with van der Waals surface area (Å²) >= 11 is 0. The Bertz CT molecular complexity index is 703. The predicted molar refractivity (Wildman–Crippen MR) is 88.8 cm³/mol. The average molecular weight is 293 g/mol. The van der Waals surface area contributed by atoms with Crippen LogP contribution in [0, 0.1) is 0 Å². The first-order valence-electron chi connectivity index (χ1n) is 7.29.